The molecule has 2 heterocycles. The monoisotopic (exact) mass is 300 g/mol. The summed E-state index contributed by atoms with van der Waals surface area (Å²) in [5.41, 5.74) is 0.524. The standard InChI is InChI=1S/C16H20N4O2/c17-9-12-6-7-18-15(8-12)22-14-10-20(11-14)16(21)19-13-4-2-1-3-5-13/h6-8,13-14H,1-5,10-11H2,(H,19,21). The van der Waals surface area contributed by atoms with Crippen molar-refractivity contribution in [3.8, 4) is 11.9 Å². The zero-order valence-corrected chi connectivity index (χ0v) is 12.5. The van der Waals surface area contributed by atoms with Crippen LogP contribution in [0.2, 0.25) is 0 Å². The van der Waals surface area contributed by atoms with E-state index in [2.05, 4.69) is 16.4 Å². The van der Waals surface area contributed by atoms with Crippen LogP contribution in [-0.2, 0) is 0 Å². The highest BCUT2D eigenvalue weighted by atomic mass is 16.5. The summed E-state index contributed by atoms with van der Waals surface area (Å²) in [6.07, 6.45) is 7.38. The number of nitriles is 1. The molecule has 0 aromatic carbocycles. The number of hydrogen-bond donors (Lipinski definition) is 1. The molecule has 116 valence electrons. The Kier molecular flexibility index (Phi) is 4.42. The minimum atomic E-state index is -0.0430. The highest BCUT2D eigenvalue weighted by Gasteiger charge is 2.33. The van der Waals surface area contributed by atoms with Crippen molar-refractivity contribution in [1.29, 1.82) is 5.26 Å². The first-order valence-electron chi connectivity index (χ1n) is 7.83. The van der Waals surface area contributed by atoms with Gasteiger partial charge in [0.2, 0.25) is 5.88 Å². The number of urea groups is 1. The van der Waals surface area contributed by atoms with Gasteiger partial charge in [0.15, 0.2) is 0 Å². The Bertz CT molecular complexity index is 572. The molecule has 6 nitrogen and oxygen atoms in total. The molecule has 2 amide bonds. The molecule has 22 heavy (non-hydrogen) atoms. The number of likely N-dealkylation sites (tertiary alicyclic amines) is 1. The van der Waals surface area contributed by atoms with Crippen LogP contribution in [0.1, 0.15) is 37.7 Å². The number of ether oxygens (including phenoxy) is 1. The van der Waals surface area contributed by atoms with Gasteiger partial charge < -0.3 is 15.0 Å². The Morgan fingerprint density at radius 2 is 2.14 bits per heavy atom. The van der Waals surface area contributed by atoms with Gasteiger partial charge in [-0.2, -0.15) is 5.26 Å². The largest absolute Gasteiger partial charge is 0.471 e. The summed E-state index contributed by atoms with van der Waals surface area (Å²) in [5, 5.41) is 11.9. The first-order valence-corrected chi connectivity index (χ1v) is 7.83. The van der Waals surface area contributed by atoms with Gasteiger partial charge in [0.05, 0.1) is 24.7 Å². The van der Waals surface area contributed by atoms with E-state index in [0.717, 1.165) is 12.8 Å². The van der Waals surface area contributed by atoms with Crippen LogP contribution in [-0.4, -0.2) is 41.2 Å². The highest BCUT2D eigenvalue weighted by Crippen LogP contribution is 2.20. The van der Waals surface area contributed by atoms with Crippen molar-refractivity contribution in [2.45, 2.75) is 44.2 Å². The molecule has 1 aliphatic heterocycles. The van der Waals surface area contributed by atoms with Gasteiger partial charge in [-0.15, -0.1) is 0 Å². The van der Waals surface area contributed by atoms with Gasteiger partial charge in [0.25, 0.3) is 0 Å². The van der Waals surface area contributed by atoms with Gasteiger partial charge in [-0.3, -0.25) is 0 Å². The lowest BCUT2D eigenvalue weighted by molar-refractivity contribution is 0.0399. The van der Waals surface area contributed by atoms with E-state index in [1.54, 1.807) is 23.2 Å². The van der Waals surface area contributed by atoms with Crippen molar-refractivity contribution in [3.05, 3.63) is 23.9 Å². The summed E-state index contributed by atoms with van der Waals surface area (Å²) >= 11 is 0. The number of pyridine rings is 1. The molecule has 6 heteroatoms. The SMILES string of the molecule is N#Cc1ccnc(OC2CN(C(=O)NC3CCCCC3)C2)c1. The molecule has 0 unspecified atom stereocenters. The zero-order valence-electron chi connectivity index (χ0n) is 12.5. The van der Waals surface area contributed by atoms with Crippen LogP contribution in [0.3, 0.4) is 0 Å². The van der Waals surface area contributed by atoms with Gasteiger partial charge in [-0.1, -0.05) is 19.3 Å². The molecule has 0 spiro atoms. The summed E-state index contributed by atoms with van der Waals surface area (Å²) in [4.78, 5) is 17.9. The maximum atomic E-state index is 12.1. The van der Waals surface area contributed by atoms with E-state index in [4.69, 9.17) is 10.00 Å². The molecule has 1 aromatic heterocycles. The number of carbonyl (C=O) groups is 1. The lowest BCUT2D eigenvalue weighted by Gasteiger charge is -2.39. The predicted octanol–water partition coefficient (Wildman–Crippen LogP) is 2.06. The number of amides is 2. The van der Waals surface area contributed by atoms with E-state index in [0.29, 0.717) is 30.6 Å². The second-order valence-corrected chi connectivity index (χ2v) is 5.92. The Labute approximate surface area is 130 Å². The van der Waals surface area contributed by atoms with Crippen LogP contribution in [0.25, 0.3) is 0 Å². The topological polar surface area (TPSA) is 78.2 Å². The zero-order chi connectivity index (χ0) is 15.4. The molecule has 2 aliphatic rings. The Hall–Kier alpha value is -2.29. The van der Waals surface area contributed by atoms with Crippen molar-refractivity contribution in [2.24, 2.45) is 0 Å². The number of nitrogens with zero attached hydrogens (tertiary/aromatic N) is 3. The van der Waals surface area contributed by atoms with E-state index in [1.165, 1.54) is 19.3 Å². The first-order chi connectivity index (χ1) is 10.7. The average molecular weight is 300 g/mol. The molecule has 1 aromatic rings. The van der Waals surface area contributed by atoms with E-state index in [-0.39, 0.29) is 12.1 Å². The van der Waals surface area contributed by atoms with Crippen LogP contribution < -0.4 is 10.1 Å². The Morgan fingerprint density at radius 1 is 1.36 bits per heavy atom. The number of rotatable bonds is 3. The summed E-state index contributed by atoms with van der Waals surface area (Å²) in [6, 6.07) is 5.64. The molecule has 1 aliphatic carbocycles. The van der Waals surface area contributed by atoms with E-state index in [9.17, 15) is 4.79 Å². The highest BCUT2D eigenvalue weighted by molar-refractivity contribution is 5.75. The molecule has 3 rings (SSSR count). The Balaban J connectivity index is 1.43. The predicted molar refractivity (Wildman–Crippen MR) is 80.3 cm³/mol. The molecular weight excluding hydrogens is 280 g/mol. The number of hydrogen-bond acceptors (Lipinski definition) is 4. The van der Waals surface area contributed by atoms with E-state index >= 15 is 0 Å². The summed E-state index contributed by atoms with van der Waals surface area (Å²) in [5.74, 6) is 0.441. The molecule has 0 radical (unpaired) electrons. The summed E-state index contributed by atoms with van der Waals surface area (Å²) in [7, 11) is 0. The fourth-order valence-electron chi connectivity index (χ4n) is 2.91. The molecule has 0 bridgehead atoms. The first kappa shape index (κ1) is 14.6. The van der Waals surface area contributed by atoms with Crippen molar-refractivity contribution in [3.63, 3.8) is 0 Å². The number of nitrogens with one attached hydrogen (secondary N) is 1. The number of aromatic nitrogens is 1. The van der Waals surface area contributed by atoms with Gasteiger partial charge in [0, 0.05) is 18.3 Å². The molecule has 0 atom stereocenters. The number of carbonyl (C=O) groups excluding carboxylic acids is 1. The second kappa shape index (κ2) is 6.65. The lowest BCUT2D eigenvalue weighted by Crippen LogP contribution is -2.60. The van der Waals surface area contributed by atoms with Gasteiger partial charge in [0.1, 0.15) is 6.10 Å². The fourth-order valence-corrected chi connectivity index (χ4v) is 2.91. The molecule has 2 fully saturated rings. The summed E-state index contributed by atoms with van der Waals surface area (Å²) in [6.45, 7) is 1.13. The van der Waals surface area contributed by atoms with Crippen molar-refractivity contribution < 1.29 is 9.53 Å². The van der Waals surface area contributed by atoms with Crippen molar-refractivity contribution in [1.82, 2.24) is 15.2 Å². The second-order valence-electron chi connectivity index (χ2n) is 5.92. The quantitative estimate of drug-likeness (QED) is 0.926. The van der Waals surface area contributed by atoms with Crippen LogP contribution in [0.4, 0.5) is 4.79 Å². The van der Waals surface area contributed by atoms with Crippen LogP contribution in [0, 0.1) is 11.3 Å². The molecular formula is C16H20N4O2. The van der Waals surface area contributed by atoms with Gasteiger partial charge in [-0.05, 0) is 18.9 Å². The molecule has 1 saturated carbocycles. The third-order valence-electron chi connectivity index (χ3n) is 4.22. The minimum Gasteiger partial charge on any atom is -0.471 e. The maximum Gasteiger partial charge on any atom is 0.317 e. The van der Waals surface area contributed by atoms with Crippen molar-refractivity contribution in [2.75, 3.05) is 13.1 Å². The van der Waals surface area contributed by atoms with E-state index in [1.807, 2.05) is 0 Å². The van der Waals surface area contributed by atoms with Crippen LogP contribution >= 0.6 is 0 Å². The molecule has 1 saturated heterocycles. The fraction of sp³-hybridized carbons (Fsp3) is 0.562. The average Bonchev–Trinajstić information content (AvgIpc) is 2.51. The van der Waals surface area contributed by atoms with Gasteiger partial charge in [-0.25, -0.2) is 9.78 Å². The molecule has 1 N–H and O–H groups in total. The lowest BCUT2D eigenvalue weighted by atomic mass is 9.95. The maximum absolute atomic E-state index is 12.1. The van der Waals surface area contributed by atoms with E-state index < -0.39 is 0 Å². The Morgan fingerprint density at radius 3 is 2.86 bits per heavy atom. The normalized spacial score (nSPS) is 19.1. The van der Waals surface area contributed by atoms with Crippen LogP contribution in [0.15, 0.2) is 18.3 Å². The summed E-state index contributed by atoms with van der Waals surface area (Å²) < 4.78 is 5.68. The van der Waals surface area contributed by atoms with Gasteiger partial charge >= 0.3 is 6.03 Å². The third kappa shape index (κ3) is 3.48. The third-order valence-corrected chi connectivity index (χ3v) is 4.22. The smallest absolute Gasteiger partial charge is 0.317 e. The minimum absolute atomic E-state index is 0.00508. The van der Waals surface area contributed by atoms with Crippen LogP contribution in [0.5, 0.6) is 5.88 Å². The van der Waals surface area contributed by atoms with Crippen molar-refractivity contribution >= 4 is 6.03 Å².